The first-order valence-corrected chi connectivity index (χ1v) is 7.76. The summed E-state index contributed by atoms with van der Waals surface area (Å²) < 4.78 is 5.43. The molecule has 6 heteroatoms. The molecule has 0 saturated heterocycles. The van der Waals surface area contributed by atoms with Gasteiger partial charge in [-0.3, -0.25) is 9.59 Å². The summed E-state index contributed by atoms with van der Waals surface area (Å²) in [5.41, 5.74) is 4.13. The Hall–Kier alpha value is -3.41. The number of nitrogens with one attached hydrogen (secondary N) is 2. The molecule has 0 saturated carbocycles. The second-order valence-electron chi connectivity index (χ2n) is 5.49. The normalized spacial score (nSPS) is 10.9. The average Bonchev–Trinajstić information content (AvgIpc) is 2.61. The van der Waals surface area contributed by atoms with Crippen molar-refractivity contribution in [2.24, 2.45) is 5.10 Å². The lowest BCUT2D eigenvalue weighted by molar-refractivity contribution is -0.123. The van der Waals surface area contributed by atoms with E-state index in [0.717, 1.165) is 16.5 Å². The minimum atomic E-state index is -0.406. The molecule has 0 aliphatic rings. The maximum atomic E-state index is 12.0. The van der Waals surface area contributed by atoms with E-state index in [1.807, 2.05) is 49.4 Å². The molecule has 0 fully saturated rings. The Balaban J connectivity index is 1.61. The third-order valence-corrected chi connectivity index (χ3v) is 3.63. The van der Waals surface area contributed by atoms with Gasteiger partial charge >= 0.3 is 0 Å². The Morgan fingerprint density at radius 1 is 1.20 bits per heavy atom. The minimum absolute atomic E-state index is 0.156. The van der Waals surface area contributed by atoms with Crippen LogP contribution < -0.4 is 15.7 Å². The SMILES string of the molecule is Cc1ccccc1OCC(=O)N/N=C\c1cc2ccccc2[nH]c1=O. The highest BCUT2D eigenvalue weighted by Gasteiger charge is 2.04. The molecule has 0 radical (unpaired) electrons. The van der Waals surface area contributed by atoms with Gasteiger partial charge in [0.05, 0.1) is 11.8 Å². The zero-order valence-electron chi connectivity index (χ0n) is 13.7. The van der Waals surface area contributed by atoms with Crippen LogP contribution in [-0.4, -0.2) is 23.7 Å². The Kier molecular flexibility index (Phi) is 4.89. The number of fused-ring (bicyclic) bond motifs is 1. The molecule has 0 bridgehead atoms. The van der Waals surface area contributed by atoms with Gasteiger partial charge in [-0.1, -0.05) is 36.4 Å². The summed E-state index contributed by atoms with van der Waals surface area (Å²) >= 11 is 0. The molecule has 0 atom stereocenters. The van der Waals surface area contributed by atoms with Crippen LogP contribution in [0.25, 0.3) is 10.9 Å². The summed E-state index contributed by atoms with van der Waals surface area (Å²) in [5.74, 6) is 0.240. The van der Waals surface area contributed by atoms with Crippen molar-refractivity contribution in [2.45, 2.75) is 6.92 Å². The fraction of sp³-hybridized carbons (Fsp3) is 0.105. The number of aryl methyl sites for hydroxylation is 1. The highest BCUT2D eigenvalue weighted by molar-refractivity contribution is 5.88. The zero-order chi connectivity index (χ0) is 17.6. The Morgan fingerprint density at radius 3 is 2.80 bits per heavy atom. The number of para-hydroxylation sites is 2. The molecule has 2 aromatic carbocycles. The minimum Gasteiger partial charge on any atom is -0.483 e. The molecule has 0 spiro atoms. The van der Waals surface area contributed by atoms with Crippen LogP contribution in [-0.2, 0) is 4.79 Å². The van der Waals surface area contributed by atoms with Crippen LogP contribution in [0.5, 0.6) is 5.75 Å². The monoisotopic (exact) mass is 335 g/mol. The molecular formula is C19H17N3O3. The van der Waals surface area contributed by atoms with Crippen LogP contribution in [0.15, 0.2) is 64.5 Å². The number of hydrogen-bond donors (Lipinski definition) is 2. The van der Waals surface area contributed by atoms with Crippen molar-refractivity contribution in [3.63, 3.8) is 0 Å². The molecule has 0 aliphatic carbocycles. The third-order valence-electron chi connectivity index (χ3n) is 3.63. The van der Waals surface area contributed by atoms with Crippen molar-refractivity contribution in [3.8, 4) is 5.75 Å². The number of rotatable bonds is 5. The standard InChI is InChI=1S/C19H17N3O3/c1-13-6-2-5-9-17(13)25-12-18(23)22-20-11-15-10-14-7-3-4-8-16(14)21-19(15)24/h2-11H,12H2,1H3,(H,21,24)(H,22,23)/b20-11-. The summed E-state index contributed by atoms with van der Waals surface area (Å²) in [6.07, 6.45) is 1.32. The van der Waals surface area contributed by atoms with Crippen LogP contribution in [0.1, 0.15) is 11.1 Å². The first-order valence-electron chi connectivity index (χ1n) is 7.76. The van der Waals surface area contributed by atoms with E-state index in [0.29, 0.717) is 11.3 Å². The number of carbonyl (C=O) groups excluding carboxylic acids is 1. The molecular weight excluding hydrogens is 318 g/mol. The van der Waals surface area contributed by atoms with Gasteiger partial charge in [0.1, 0.15) is 5.75 Å². The van der Waals surface area contributed by atoms with E-state index < -0.39 is 5.91 Å². The van der Waals surface area contributed by atoms with Crippen LogP contribution in [0.3, 0.4) is 0 Å². The smallest absolute Gasteiger partial charge is 0.277 e. The van der Waals surface area contributed by atoms with Gasteiger partial charge in [0, 0.05) is 5.52 Å². The molecule has 3 aromatic rings. The topological polar surface area (TPSA) is 83.5 Å². The number of carbonyl (C=O) groups is 1. The summed E-state index contributed by atoms with van der Waals surface area (Å²) in [5, 5.41) is 4.71. The van der Waals surface area contributed by atoms with Crippen LogP contribution >= 0.6 is 0 Å². The Morgan fingerprint density at radius 2 is 1.96 bits per heavy atom. The Labute approximate surface area is 144 Å². The number of hydrazone groups is 1. The fourth-order valence-electron chi connectivity index (χ4n) is 2.33. The van der Waals surface area contributed by atoms with E-state index in [1.165, 1.54) is 6.21 Å². The maximum Gasteiger partial charge on any atom is 0.277 e. The summed E-state index contributed by atoms with van der Waals surface area (Å²) in [6, 6.07) is 16.6. The van der Waals surface area contributed by atoms with Gasteiger partial charge in [-0.2, -0.15) is 5.10 Å². The van der Waals surface area contributed by atoms with Crippen molar-refractivity contribution >= 4 is 23.0 Å². The van der Waals surface area contributed by atoms with Crippen LogP contribution in [0.2, 0.25) is 0 Å². The number of benzene rings is 2. The molecule has 1 heterocycles. The number of ether oxygens (including phenoxy) is 1. The summed E-state index contributed by atoms with van der Waals surface area (Å²) in [6.45, 7) is 1.74. The third kappa shape index (κ3) is 4.11. The molecule has 25 heavy (non-hydrogen) atoms. The number of aromatic nitrogens is 1. The van der Waals surface area contributed by atoms with Crippen molar-refractivity contribution in [2.75, 3.05) is 6.61 Å². The largest absolute Gasteiger partial charge is 0.483 e. The van der Waals surface area contributed by atoms with Crippen LogP contribution in [0.4, 0.5) is 0 Å². The zero-order valence-corrected chi connectivity index (χ0v) is 13.7. The fourth-order valence-corrected chi connectivity index (χ4v) is 2.33. The van der Waals surface area contributed by atoms with E-state index >= 15 is 0 Å². The highest BCUT2D eigenvalue weighted by Crippen LogP contribution is 2.15. The van der Waals surface area contributed by atoms with Crippen molar-refractivity contribution < 1.29 is 9.53 Å². The molecule has 6 nitrogen and oxygen atoms in total. The predicted octanol–water partition coefficient (Wildman–Crippen LogP) is 2.37. The summed E-state index contributed by atoms with van der Waals surface area (Å²) in [4.78, 5) is 26.5. The maximum absolute atomic E-state index is 12.0. The van der Waals surface area contributed by atoms with Gasteiger partial charge < -0.3 is 9.72 Å². The van der Waals surface area contributed by atoms with Crippen molar-refractivity contribution in [1.29, 1.82) is 0 Å². The number of hydrogen-bond acceptors (Lipinski definition) is 4. The summed E-state index contributed by atoms with van der Waals surface area (Å²) in [7, 11) is 0. The Bertz CT molecular complexity index is 992. The molecule has 0 aliphatic heterocycles. The van der Waals surface area contributed by atoms with E-state index in [4.69, 9.17) is 4.74 Å². The lowest BCUT2D eigenvalue weighted by Gasteiger charge is -2.07. The first-order chi connectivity index (χ1) is 12.1. The number of amides is 1. The van der Waals surface area contributed by atoms with E-state index in [9.17, 15) is 9.59 Å². The molecule has 1 aromatic heterocycles. The molecule has 2 N–H and O–H groups in total. The predicted molar refractivity (Wildman–Crippen MR) is 97.0 cm³/mol. The molecule has 3 rings (SSSR count). The van der Waals surface area contributed by atoms with Gasteiger partial charge in [0.25, 0.3) is 11.5 Å². The number of pyridine rings is 1. The second kappa shape index (κ2) is 7.44. The molecule has 0 unspecified atom stereocenters. The van der Waals surface area contributed by atoms with Gasteiger partial charge in [-0.05, 0) is 36.1 Å². The van der Waals surface area contributed by atoms with Crippen molar-refractivity contribution in [3.05, 3.63) is 76.1 Å². The molecule has 126 valence electrons. The van der Waals surface area contributed by atoms with Gasteiger partial charge in [0.2, 0.25) is 0 Å². The second-order valence-corrected chi connectivity index (χ2v) is 5.49. The molecule has 1 amide bonds. The lowest BCUT2D eigenvalue weighted by Crippen LogP contribution is -2.25. The quantitative estimate of drug-likeness (QED) is 0.554. The van der Waals surface area contributed by atoms with Crippen molar-refractivity contribution in [1.82, 2.24) is 10.4 Å². The highest BCUT2D eigenvalue weighted by atomic mass is 16.5. The van der Waals surface area contributed by atoms with Gasteiger partial charge in [0.15, 0.2) is 6.61 Å². The van der Waals surface area contributed by atoms with Crippen LogP contribution in [0, 0.1) is 6.92 Å². The number of nitrogens with zero attached hydrogens (tertiary/aromatic N) is 1. The first kappa shape index (κ1) is 16.4. The number of aromatic amines is 1. The lowest BCUT2D eigenvalue weighted by atomic mass is 10.2. The van der Waals surface area contributed by atoms with Gasteiger partial charge in [-0.25, -0.2) is 5.43 Å². The average molecular weight is 335 g/mol. The number of H-pyrrole nitrogens is 1. The van der Waals surface area contributed by atoms with E-state index in [1.54, 1.807) is 12.1 Å². The van der Waals surface area contributed by atoms with E-state index in [2.05, 4.69) is 15.5 Å². The van der Waals surface area contributed by atoms with Gasteiger partial charge in [-0.15, -0.1) is 0 Å². The van der Waals surface area contributed by atoms with E-state index in [-0.39, 0.29) is 12.2 Å².